The Morgan fingerprint density at radius 2 is 2.06 bits per heavy atom. The Morgan fingerprint density at radius 3 is 2.72 bits per heavy atom. The second-order valence-corrected chi connectivity index (χ2v) is 5.18. The van der Waals surface area contributed by atoms with Crippen LogP contribution in [-0.2, 0) is 17.8 Å². The van der Waals surface area contributed by atoms with Gasteiger partial charge in [0, 0.05) is 25.8 Å². The van der Waals surface area contributed by atoms with Crippen molar-refractivity contribution < 1.29 is 4.74 Å². The Balaban J connectivity index is 2.23. The monoisotopic (exact) mass is 255 g/mol. The maximum absolute atomic E-state index is 5.53. The van der Waals surface area contributed by atoms with Crippen LogP contribution in [0.25, 0.3) is 0 Å². The summed E-state index contributed by atoms with van der Waals surface area (Å²) < 4.78 is 7.38. The normalized spacial score (nSPS) is 11.7. The minimum atomic E-state index is 0.435. The van der Waals surface area contributed by atoms with E-state index in [0.717, 1.165) is 32.0 Å². The molecule has 0 aliphatic rings. The Bertz CT molecular complexity index is 324. The first-order chi connectivity index (χ1) is 8.59. The van der Waals surface area contributed by atoms with Gasteiger partial charge in [-0.05, 0) is 22.8 Å². The maximum Gasteiger partial charge on any atom is 0.165 e. The highest BCUT2D eigenvalue weighted by Gasteiger charge is 2.06. The van der Waals surface area contributed by atoms with E-state index in [2.05, 4.69) is 48.5 Å². The van der Waals surface area contributed by atoms with E-state index >= 15 is 0 Å². The van der Waals surface area contributed by atoms with Crippen molar-refractivity contribution in [3.8, 4) is 0 Å². The van der Waals surface area contributed by atoms with Gasteiger partial charge < -0.3 is 10.1 Å². The topological polar surface area (TPSA) is 64.9 Å². The van der Waals surface area contributed by atoms with Gasteiger partial charge in [0.2, 0.25) is 0 Å². The van der Waals surface area contributed by atoms with Crippen molar-refractivity contribution in [1.82, 2.24) is 25.5 Å². The predicted molar refractivity (Wildman–Crippen MR) is 70.1 cm³/mol. The summed E-state index contributed by atoms with van der Waals surface area (Å²) in [7, 11) is 0. The molecule has 0 fully saturated rings. The SMILES string of the molecule is CC(C)COCCCn1nnnc1CNC(C)C. The Morgan fingerprint density at radius 1 is 1.28 bits per heavy atom. The number of nitrogens with zero attached hydrogens (tertiary/aromatic N) is 4. The number of hydrogen-bond donors (Lipinski definition) is 1. The summed E-state index contributed by atoms with van der Waals surface area (Å²) >= 11 is 0. The van der Waals surface area contributed by atoms with E-state index in [1.807, 2.05) is 4.68 Å². The highest BCUT2D eigenvalue weighted by atomic mass is 16.5. The summed E-state index contributed by atoms with van der Waals surface area (Å²) in [5.41, 5.74) is 0. The van der Waals surface area contributed by atoms with Crippen LogP contribution < -0.4 is 5.32 Å². The quantitative estimate of drug-likeness (QED) is 0.672. The minimum absolute atomic E-state index is 0.435. The summed E-state index contributed by atoms with van der Waals surface area (Å²) in [6, 6.07) is 0.435. The zero-order valence-electron chi connectivity index (χ0n) is 11.9. The van der Waals surface area contributed by atoms with Crippen molar-refractivity contribution in [3.05, 3.63) is 5.82 Å². The molecule has 0 amide bonds. The summed E-state index contributed by atoms with van der Waals surface area (Å²) in [6.07, 6.45) is 0.937. The van der Waals surface area contributed by atoms with Crippen molar-refractivity contribution in [1.29, 1.82) is 0 Å². The number of aryl methyl sites for hydroxylation is 1. The second-order valence-electron chi connectivity index (χ2n) is 5.18. The standard InChI is InChI=1S/C12H25N5O/c1-10(2)9-18-7-5-6-17-12(14-15-16-17)8-13-11(3)4/h10-11,13H,5-9H2,1-4H3. The highest BCUT2D eigenvalue weighted by Crippen LogP contribution is 1.98. The Kier molecular flexibility index (Phi) is 6.82. The first kappa shape index (κ1) is 15.0. The van der Waals surface area contributed by atoms with Crippen molar-refractivity contribution >= 4 is 0 Å². The molecule has 0 unspecified atom stereocenters. The number of rotatable bonds is 9. The van der Waals surface area contributed by atoms with Crippen LogP contribution >= 0.6 is 0 Å². The molecule has 0 spiro atoms. The van der Waals surface area contributed by atoms with Crippen molar-refractivity contribution in [2.24, 2.45) is 5.92 Å². The van der Waals surface area contributed by atoms with Crippen molar-refractivity contribution in [3.63, 3.8) is 0 Å². The molecule has 0 saturated carbocycles. The maximum atomic E-state index is 5.53. The van der Waals surface area contributed by atoms with Crippen LogP contribution in [0.1, 0.15) is 39.9 Å². The molecule has 1 aromatic heterocycles. The molecule has 18 heavy (non-hydrogen) atoms. The van der Waals surface area contributed by atoms with Crippen LogP contribution in [0.2, 0.25) is 0 Å². The third-order valence-electron chi connectivity index (χ3n) is 2.38. The Hall–Kier alpha value is -1.01. The number of nitrogens with one attached hydrogen (secondary N) is 1. The van der Waals surface area contributed by atoms with E-state index in [0.29, 0.717) is 18.5 Å². The second kappa shape index (κ2) is 8.16. The average Bonchev–Trinajstić information content (AvgIpc) is 2.73. The predicted octanol–water partition coefficient (Wildman–Crippen LogP) is 1.23. The smallest absolute Gasteiger partial charge is 0.165 e. The van der Waals surface area contributed by atoms with Crippen LogP contribution in [0.5, 0.6) is 0 Å². The third kappa shape index (κ3) is 6.07. The first-order valence-corrected chi connectivity index (χ1v) is 6.65. The lowest BCUT2D eigenvalue weighted by Gasteiger charge is -2.09. The van der Waals surface area contributed by atoms with E-state index in [1.165, 1.54) is 0 Å². The molecule has 0 aliphatic heterocycles. The molecule has 1 N–H and O–H groups in total. The summed E-state index contributed by atoms with van der Waals surface area (Å²) in [5.74, 6) is 1.47. The van der Waals surface area contributed by atoms with E-state index in [1.54, 1.807) is 0 Å². The molecule has 0 atom stereocenters. The van der Waals surface area contributed by atoms with E-state index < -0.39 is 0 Å². The van der Waals surface area contributed by atoms with E-state index in [4.69, 9.17) is 4.74 Å². The molecule has 0 aromatic carbocycles. The van der Waals surface area contributed by atoms with E-state index in [-0.39, 0.29) is 0 Å². The fourth-order valence-electron chi connectivity index (χ4n) is 1.45. The zero-order valence-corrected chi connectivity index (χ0v) is 11.9. The molecular formula is C12H25N5O. The number of hydrogen-bond acceptors (Lipinski definition) is 5. The van der Waals surface area contributed by atoms with Crippen LogP contribution in [0.3, 0.4) is 0 Å². The molecule has 1 heterocycles. The third-order valence-corrected chi connectivity index (χ3v) is 2.38. The van der Waals surface area contributed by atoms with Gasteiger partial charge in [-0.2, -0.15) is 0 Å². The highest BCUT2D eigenvalue weighted by molar-refractivity contribution is 4.80. The zero-order chi connectivity index (χ0) is 13.4. The number of tetrazole rings is 1. The van der Waals surface area contributed by atoms with Gasteiger partial charge in [-0.15, -0.1) is 5.10 Å². The largest absolute Gasteiger partial charge is 0.381 e. The number of ether oxygens (including phenoxy) is 1. The molecule has 104 valence electrons. The molecular weight excluding hydrogens is 230 g/mol. The molecule has 0 radical (unpaired) electrons. The van der Waals surface area contributed by atoms with E-state index in [9.17, 15) is 0 Å². The fourth-order valence-corrected chi connectivity index (χ4v) is 1.45. The van der Waals surface area contributed by atoms with Gasteiger partial charge in [0.1, 0.15) is 0 Å². The number of aromatic nitrogens is 4. The molecule has 1 aromatic rings. The lowest BCUT2D eigenvalue weighted by atomic mass is 10.2. The summed E-state index contributed by atoms with van der Waals surface area (Å²) in [6.45, 7) is 11.6. The molecule has 6 heteroatoms. The summed E-state index contributed by atoms with van der Waals surface area (Å²) in [5, 5.41) is 15.0. The van der Waals surface area contributed by atoms with Gasteiger partial charge in [-0.3, -0.25) is 0 Å². The van der Waals surface area contributed by atoms with Crippen LogP contribution in [0, 0.1) is 5.92 Å². The molecule has 6 nitrogen and oxygen atoms in total. The summed E-state index contributed by atoms with van der Waals surface area (Å²) in [4.78, 5) is 0. The van der Waals surface area contributed by atoms with Gasteiger partial charge in [0.05, 0.1) is 6.54 Å². The van der Waals surface area contributed by atoms with Gasteiger partial charge in [0.25, 0.3) is 0 Å². The van der Waals surface area contributed by atoms with Gasteiger partial charge in [0.15, 0.2) is 5.82 Å². The molecule has 0 bridgehead atoms. The van der Waals surface area contributed by atoms with Crippen LogP contribution in [-0.4, -0.2) is 39.5 Å². The van der Waals surface area contributed by atoms with Gasteiger partial charge in [-0.25, -0.2) is 4.68 Å². The van der Waals surface area contributed by atoms with Gasteiger partial charge in [-0.1, -0.05) is 27.7 Å². The minimum Gasteiger partial charge on any atom is -0.381 e. The lowest BCUT2D eigenvalue weighted by Crippen LogP contribution is -2.24. The molecule has 0 saturated heterocycles. The van der Waals surface area contributed by atoms with Crippen LogP contribution in [0.15, 0.2) is 0 Å². The van der Waals surface area contributed by atoms with Crippen molar-refractivity contribution in [2.75, 3.05) is 13.2 Å². The Labute approximate surface area is 109 Å². The first-order valence-electron chi connectivity index (χ1n) is 6.65. The van der Waals surface area contributed by atoms with Crippen LogP contribution in [0.4, 0.5) is 0 Å². The lowest BCUT2D eigenvalue weighted by molar-refractivity contribution is 0.104. The van der Waals surface area contributed by atoms with Crippen molar-refractivity contribution in [2.45, 2.75) is 53.2 Å². The molecule has 0 aliphatic carbocycles. The average molecular weight is 255 g/mol. The fraction of sp³-hybridized carbons (Fsp3) is 0.917. The van der Waals surface area contributed by atoms with Gasteiger partial charge >= 0.3 is 0 Å². The molecule has 1 rings (SSSR count).